The number of aromatic nitrogens is 3. The lowest BCUT2D eigenvalue weighted by Gasteiger charge is -2.10. The van der Waals surface area contributed by atoms with Crippen LogP contribution in [0.25, 0.3) is 61.2 Å². The number of para-hydroxylation sites is 2. The van der Waals surface area contributed by atoms with E-state index in [9.17, 15) is 0 Å². The highest BCUT2D eigenvalue weighted by atomic mass is 16.3. The van der Waals surface area contributed by atoms with Gasteiger partial charge in [-0.1, -0.05) is 84.9 Å². The maximum absolute atomic E-state index is 5.86. The standard InChI is InChI=1S/C30H19N3O/c1-2-9-20(10-3-1)21-11-8-12-22(19-21)28-29-25(17-18-34-29)31-30(32-28)33-26-15-6-4-13-23(26)24-14-5-7-16-27(24)33/h1-19H. The highest BCUT2D eigenvalue weighted by molar-refractivity contribution is 6.09. The number of benzene rings is 4. The third-order valence-electron chi connectivity index (χ3n) is 6.31. The molecule has 0 aliphatic rings. The molecule has 0 amide bonds. The van der Waals surface area contributed by atoms with Crippen molar-refractivity contribution in [2.24, 2.45) is 0 Å². The average molecular weight is 438 g/mol. The monoisotopic (exact) mass is 437 g/mol. The SMILES string of the molecule is c1ccc(-c2cccc(-c3nc(-n4c5ccccc5c5ccccc54)nc4ccoc34)c2)cc1. The highest BCUT2D eigenvalue weighted by Gasteiger charge is 2.18. The summed E-state index contributed by atoms with van der Waals surface area (Å²) in [5, 5.41) is 2.36. The van der Waals surface area contributed by atoms with Gasteiger partial charge in [-0.25, -0.2) is 9.97 Å². The van der Waals surface area contributed by atoms with E-state index in [-0.39, 0.29) is 0 Å². The van der Waals surface area contributed by atoms with Gasteiger partial charge >= 0.3 is 0 Å². The molecule has 0 aliphatic heterocycles. The molecule has 0 radical (unpaired) electrons. The zero-order valence-electron chi connectivity index (χ0n) is 18.2. The van der Waals surface area contributed by atoms with Gasteiger partial charge in [0, 0.05) is 22.4 Å². The quantitative estimate of drug-likeness (QED) is 0.285. The molecule has 4 aromatic carbocycles. The van der Waals surface area contributed by atoms with E-state index in [0.717, 1.165) is 38.9 Å². The Labute approximate surface area is 195 Å². The van der Waals surface area contributed by atoms with Crippen molar-refractivity contribution in [1.29, 1.82) is 0 Å². The minimum atomic E-state index is 0.631. The molecule has 0 spiro atoms. The van der Waals surface area contributed by atoms with Crippen LogP contribution in [0.1, 0.15) is 0 Å². The van der Waals surface area contributed by atoms with E-state index in [1.165, 1.54) is 10.8 Å². The summed E-state index contributed by atoms with van der Waals surface area (Å²) < 4.78 is 8.00. The smallest absolute Gasteiger partial charge is 0.236 e. The zero-order chi connectivity index (χ0) is 22.5. The molecule has 7 rings (SSSR count). The van der Waals surface area contributed by atoms with Crippen molar-refractivity contribution in [3.05, 3.63) is 115 Å². The molecule has 0 unspecified atom stereocenters. The van der Waals surface area contributed by atoms with Crippen molar-refractivity contribution < 1.29 is 4.42 Å². The van der Waals surface area contributed by atoms with Gasteiger partial charge in [0.05, 0.1) is 17.3 Å². The van der Waals surface area contributed by atoms with Crippen molar-refractivity contribution in [2.75, 3.05) is 0 Å². The van der Waals surface area contributed by atoms with Crippen molar-refractivity contribution in [2.45, 2.75) is 0 Å². The number of nitrogens with zero attached hydrogens (tertiary/aromatic N) is 3. The van der Waals surface area contributed by atoms with Crippen LogP contribution in [0.4, 0.5) is 0 Å². The number of hydrogen-bond donors (Lipinski definition) is 0. The van der Waals surface area contributed by atoms with Crippen molar-refractivity contribution in [3.63, 3.8) is 0 Å². The van der Waals surface area contributed by atoms with Gasteiger partial charge in [0.1, 0.15) is 11.2 Å². The minimum absolute atomic E-state index is 0.631. The second-order valence-electron chi connectivity index (χ2n) is 8.32. The summed E-state index contributed by atoms with van der Waals surface area (Å²) in [6, 6.07) is 37.5. The van der Waals surface area contributed by atoms with Crippen LogP contribution in [0.15, 0.2) is 120 Å². The molecular formula is C30H19N3O. The molecule has 3 aromatic heterocycles. The number of rotatable bonds is 3. The van der Waals surface area contributed by atoms with Crippen molar-refractivity contribution in [1.82, 2.24) is 14.5 Å². The number of fused-ring (bicyclic) bond motifs is 4. The minimum Gasteiger partial charge on any atom is -0.460 e. The maximum Gasteiger partial charge on any atom is 0.236 e. The van der Waals surface area contributed by atoms with Crippen LogP contribution < -0.4 is 0 Å². The molecule has 0 fully saturated rings. The fraction of sp³-hybridized carbons (Fsp3) is 0. The van der Waals surface area contributed by atoms with Crippen LogP contribution in [-0.4, -0.2) is 14.5 Å². The van der Waals surface area contributed by atoms with Crippen molar-refractivity contribution >= 4 is 32.9 Å². The summed E-state index contributed by atoms with van der Waals surface area (Å²) in [6.07, 6.45) is 1.68. The predicted octanol–water partition coefficient (Wildman–Crippen LogP) is 7.65. The van der Waals surface area contributed by atoms with Crippen LogP contribution in [0.2, 0.25) is 0 Å². The van der Waals surface area contributed by atoms with Gasteiger partial charge in [-0.05, 0) is 29.3 Å². The second-order valence-corrected chi connectivity index (χ2v) is 8.32. The van der Waals surface area contributed by atoms with E-state index in [2.05, 4.69) is 102 Å². The van der Waals surface area contributed by atoms with Crippen LogP contribution in [0.3, 0.4) is 0 Å². The Hall–Kier alpha value is -4.70. The molecule has 34 heavy (non-hydrogen) atoms. The third kappa shape index (κ3) is 2.86. The molecular weight excluding hydrogens is 418 g/mol. The third-order valence-corrected chi connectivity index (χ3v) is 6.31. The summed E-state index contributed by atoms with van der Waals surface area (Å²) in [5.74, 6) is 0.631. The first-order chi connectivity index (χ1) is 16.9. The van der Waals surface area contributed by atoms with E-state index in [0.29, 0.717) is 11.5 Å². The Morgan fingerprint density at radius 3 is 1.97 bits per heavy atom. The zero-order valence-corrected chi connectivity index (χ0v) is 18.2. The second kappa shape index (κ2) is 7.42. The lowest BCUT2D eigenvalue weighted by atomic mass is 10.0. The topological polar surface area (TPSA) is 43.9 Å². The van der Waals surface area contributed by atoms with E-state index in [1.807, 2.05) is 12.1 Å². The fourth-order valence-corrected chi connectivity index (χ4v) is 4.76. The summed E-state index contributed by atoms with van der Waals surface area (Å²) in [7, 11) is 0. The summed E-state index contributed by atoms with van der Waals surface area (Å²) in [6.45, 7) is 0. The molecule has 160 valence electrons. The van der Waals surface area contributed by atoms with E-state index >= 15 is 0 Å². The largest absolute Gasteiger partial charge is 0.460 e. The van der Waals surface area contributed by atoms with Gasteiger partial charge in [0.2, 0.25) is 5.95 Å². The Morgan fingerprint density at radius 2 is 1.21 bits per heavy atom. The highest BCUT2D eigenvalue weighted by Crippen LogP contribution is 2.34. The van der Waals surface area contributed by atoms with Gasteiger partial charge in [-0.3, -0.25) is 4.57 Å². The van der Waals surface area contributed by atoms with E-state index in [1.54, 1.807) is 6.26 Å². The molecule has 0 saturated carbocycles. The van der Waals surface area contributed by atoms with Crippen molar-refractivity contribution in [3.8, 4) is 28.3 Å². The molecule has 4 heteroatoms. The Kier molecular flexibility index (Phi) is 4.11. The lowest BCUT2D eigenvalue weighted by Crippen LogP contribution is -2.02. The molecule has 0 bridgehead atoms. The van der Waals surface area contributed by atoms with Crippen LogP contribution in [-0.2, 0) is 0 Å². The fourth-order valence-electron chi connectivity index (χ4n) is 4.76. The van der Waals surface area contributed by atoms with Gasteiger partial charge in [-0.15, -0.1) is 0 Å². The first-order valence-electron chi connectivity index (χ1n) is 11.3. The molecule has 4 nitrogen and oxygen atoms in total. The summed E-state index contributed by atoms with van der Waals surface area (Å²) >= 11 is 0. The molecule has 0 atom stereocenters. The van der Waals surface area contributed by atoms with Gasteiger partial charge in [0.25, 0.3) is 0 Å². The predicted molar refractivity (Wildman–Crippen MR) is 137 cm³/mol. The molecule has 7 aromatic rings. The van der Waals surface area contributed by atoms with Gasteiger partial charge in [0.15, 0.2) is 5.58 Å². The maximum atomic E-state index is 5.86. The van der Waals surface area contributed by atoms with Crippen LogP contribution >= 0.6 is 0 Å². The summed E-state index contributed by atoms with van der Waals surface area (Å²) in [5.41, 5.74) is 7.70. The normalized spacial score (nSPS) is 11.5. The van der Waals surface area contributed by atoms with E-state index in [4.69, 9.17) is 14.4 Å². The van der Waals surface area contributed by atoms with Gasteiger partial charge < -0.3 is 4.42 Å². The Balaban J connectivity index is 1.51. The molecule has 0 saturated heterocycles. The summed E-state index contributed by atoms with van der Waals surface area (Å²) in [4.78, 5) is 9.98. The molecule has 3 heterocycles. The first kappa shape index (κ1) is 18.8. The average Bonchev–Trinajstić information content (AvgIpc) is 3.51. The molecule has 0 aliphatic carbocycles. The lowest BCUT2D eigenvalue weighted by molar-refractivity contribution is 0.614. The van der Waals surface area contributed by atoms with Gasteiger partial charge in [-0.2, -0.15) is 0 Å². The van der Waals surface area contributed by atoms with Crippen LogP contribution in [0, 0.1) is 0 Å². The Bertz CT molecular complexity index is 1760. The van der Waals surface area contributed by atoms with Crippen LogP contribution in [0.5, 0.6) is 0 Å². The Morgan fingerprint density at radius 1 is 0.559 bits per heavy atom. The van der Waals surface area contributed by atoms with E-state index < -0.39 is 0 Å². The number of furan rings is 1. The molecule has 0 N–H and O–H groups in total. The first-order valence-corrected chi connectivity index (χ1v) is 11.3. The number of hydrogen-bond acceptors (Lipinski definition) is 3.